The van der Waals surface area contributed by atoms with Crippen LogP contribution in [0.1, 0.15) is 29.2 Å². The lowest BCUT2D eigenvalue weighted by atomic mass is 10.1. The molecule has 0 spiro atoms. The van der Waals surface area contributed by atoms with Crippen LogP contribution in [-0.4, -0.2) is 18.5 Å². The summed E-state index contributed by atoms with van der Waals surface area (Å²) in [7, 11) is 0. The van der Waals surface area contributed by atoms with E-state index >= 15 is 0 Å². The van der Waals surface area contributed by atoms with Gasteiger partial charge in [-0.25, -0.2) is 14.2 Å². The maximum absolute atomic E-state index is 14.0. The van der Waals surface area contributed by atoms with Crippen molar-refractivity contribution < 1.29 is 23.4 Å². The maximum Gasteiger partial charge on any atom is 0.363 e. The fourth-order valence-corrected chi connectivity index (χ4v) is 3.25. The van der Waals surface area contributed by atoms with E-state index in [0.29, 0.717) is 30.3 Å². The molecule has 1 aliphatic heterocycles. The number of hydrogen-bond acceptors (Lipinski definition) is 5. The Morgan fingerprint density at radius 1 is 1.00 bits per heavy atom. The highest BCUT2D eigenvalue weighted by atomic mass is 19.1. The first-order chi connectivity index (χ1) is 15.5. The number of aryl methyl sites for hydroxylation is 1. The quantitative estimate of drug-likeness (QED) is 0.368. The van der Waals surface area contributed by atoms with E-state index < -0.39 is 11.8 Å². The molecule has 0 aliphatic carbocycles. The van der Waals surface area contributed by atoms with Gasteiger partial charge < -0.3 is 14.2 Å². The number of benzene rings is 3. The smallest absolute Gasteiger partial charge is 0.363 e. The molecule has 0 fully saturated rings. The zero-order valence-corrected chi connectivity index (χ0v) is 17.8. The van der Waals surface area contributed by atoms with Gasteiger partial charge in [-0.2, -0.15) is 0 Å². The van der Waals surface area contributed by atoms with Crippen LogP contribution < -0.4 is 9.47 Å². The lowest BCUT2D eigenvalue weighted by Crippen LogP contribution is -2.07. The van der Waals surface area contributed by atoms with Crippen molar-refractivity contribution in [1.29, 1.82) is 0 Å². The number of hydrogen-bond donors (Lipinski definition) is 0. The van der Waals surface area contributed by atoms with Gasteiger partial charge in [-0.3, -0.25) is 0 Å². The average Bonchev–Trinajstić information content (AvgIpc) is 3.14. The van der Waals surface area contributed by atoms with E-state index in [1.54, 1.807) is 36.4 Å². The van der Waals surface area contributed by atoms with Gasteiger partial charge in [0, 0.05) is 0 Å². The fourth-order valence-electron chi connectivity index (χ4n) is 3.25. The van der Waals surface area contributed by atoms with Crippen molar-refractivity contribution in [2.45, 2.75) is 20.5 Å². The maximum atomic E-state index is 14.0. The minimum absolute atomic E-state index is 0.0532. The van der Waals surface area contributed by atoms with Crippen LogP contribution in [0.3, 0.4) is 0 Å². The van der Waals surface area contributed by atoms with Crippen molar-refractivity contribution in [3.63, 3.8) is 0 Å². The molecule has 4 rings (SSSR count). The number of carbonyl (C=O) groups is 1. The third-order valence-electron chi connectivity index (χ3n) is 4.94. The minimum atomic E-state index is -0.638. The van der Waals surface area contributed by atoms with Crippen molar-refractivity contribution in [1.82, 2.24) is 0 Å². The SMILES string of the molecule is CCOc1cc(/C=C2\N=C(c3ccccc3F)OC2=O)ccc1OCc1ccccc1C. The van der Waals surface area contributed by atoms with Crippen molar-refractivity contribution in [2.24, 2.45) is 4.99 Å². The highest BCUT2D eigenvalue weighted by Gasteiger charge is 2.26. The summed E-state index contributed by atoms with van der Waals surface area (Å²) in [5.41, 5.74) is 3.14. The molecule has 0 saturated carbocycles. The van der Waals surface area contributed by atoms with E-state index in [0.717, 1.165) is 11.1 Å². The molecule has 0 aromatic heterocycles. The molecule has 6 heteroatoms. The molecule has 0 saturated heterocycles. The summed E-state index contributed by atoms with van der Waals surface area (Å²) in [5, 5.41) is 0. The summed E-state index contributed by atoms with van der Waals surface area (Å²) in [4.78, 5) is 16.4. The monoisotopic (exact) mass is 431 g/mol. The molecule has 32 heavy (non-hydrogen) atoms. The Kier molecular flexibility index (Phi) is 6.31. The molecular weight excluding hydrogens is 409 g/mol. The summed E-state index contributed by atoms with van der Waals surface area (Å²) in [6.45, 7) is 4.79. The molecule has 3 aromatic rings. The van der Waals surface area contributed by atoms with Gasteiger partial charge in [-0.05, 0) is 60.9 Å². The number of halogens is 1. The summed E-state index contributed by atoms with van der Waals surface area (Å²) >= 11 is 0. The van der Waals surface area contributed by atoms with Crippen LogP contribution in [0, 0.1) is 12.7 Å². The van der Waals surface area contributed by atoms with Crippen molar-refractivity contribution in [2.75, 3.05) is 6.61 Å². The number of nitrogens with zero attached hydrogens (tertiary/aromatic N) is 1. The zero-order chi connectivity index (χ0) is 22.5. The molecule has 0 atom stereocenters. The number of carbonyl (C=O) groups excluding carboxylic acids is 1. The van der Waals surface area contributed by atoms with E-state index in [1.165, 1.54) is 12.1 Å². The third-order valence-corrected chi connectivity index (χ3v) is 4.94. The third kappa shape index (κ3) is 4.70. The van der Waals surface area contributed by atoms with Gasteiger partial charge in [-0.15, -0.1) is 0 Å². The zero-order valence-electron chi connectivity index (χ0n) is 17.8. The summed E-state index contributed by atoms with van der Waals surface area (Å²) in [5.74, 6) is -0.0420. The molecule has 0 amide bonds. The van der Waals surface area contributed by atoms with E-state index in [9.17, 15) is 9.18 Å². The van der Waals surface area contributed by atoms with Crippen molar-refractivity contribution >= 4 is 17.9 Å². The Labute approximate surface area is 185 Å². The predicted molar refractivity (Wildman–Crippen MR) is 120 cm³/mol. The molecule has 5 nitrogen and oxygen atoms in total. The molecule has 0 radical (unpaired) electrons. The van der Waals surface area contributed by atoms with Gasteiger partial charge >= 0.3 is 5.97 Å². The molecule has 0 bridgehead atoms. The summed E-state index contributed by atoms with van der Waals surface area (Å²) in [6.07, 6.45) is 1.57. The Hall–Kier alpha value is -3.93. The van der Waals surface area contributed by atoms with E-state index in [1.807, 2.05) is 38.1 Å². The normalized spacial score (nSPS) is 14.3. The summed E-state index contributed by atoms with van der Waals surface area (Å²) in [6, 6.07) is 19.4. The molecule has 162 valence electrons. The van der Waals surface area contributed by atoms with Crippen LogP contribution in [0.4, 0.5) is 4.39 Å². The molecule has 1 heterocycles. The predicted octanol–water partition coefficient (Wildman–Crippen LogP) is 5.46. The number of rotatable bonds is 7. The molecule has 3 aromatic carbocycles. The van der Waals surface area contributed by atoms with Crippen molar-refractivity contribution in [3.8, 4) is 11.5 Å². The van der Waals surface area contributed by atoms with Crippen molar-refractivity contribution in [3.05, 3.63) is 100 Å². The van der Waals surface area contributed by atoms with Gasteiger partial charge in [0.25, 0.3) is 0 Å². The van der Waals surface area contributed by atoms with Crippen LogP contribution in [-0.2, 0) is 16.1 Å². The van der Waals surface area contributed by atoms with Crippen LogP contribution in [0.5, 0.6) is 11.5 Å². The lowest BCUT2D eigenvalue weighted by Gasteiger charge is -2.13. The van der Waals surface area contributed by atoms with Gasteiger partial charge in [-0.1, -0.05) is 42.5 Å². The molecule has 0 unspecified atom stereocenters. The van der Waals surface area contributed by atoms with Gasteiger partial charge in [0.05, 0.1) is 12.2 Å². The Bertz CT molecular complexity index is 1220. The van der Waals surface area contributed by atoms with Crippen LogP contribution in [0.2, 0.25) is 0 Å². The molecule has 1 aliphatic rings. The largest absolute Gasteiger partial charge is 0.490 e. The summed E-state index contributed by atoms with van der Waals surface area (Å²) < 4.78 is 30.9. The Morgan fingerprint density at radius 3 is 2.56 bits per heavy atom. The van der Waals surface area contributed by atoms with Gasteiger partial charge in [0.2, 0.25) is 5.90 Å². The molecule has 0 N–H and O–H groups in total. The first-order valence-corrected chi connectivity index (χ1v) is 10.3. The molecular formula is C26H22FNO4. The number of esters is 1. The number of aliphatic imine (C=N–C) groups is 1. The number of cyclic esters (lactones) is 1. The minimum Gasteiger partial charge on any atom is -0.490 e. The van der Waals surface area contributed by atoms with E-state index in [-0.39, 0.29) is 17.2 Å². The first-order valence-electron chi connectivity index (χ1n) is 10.3. The highest BCUT2D eigenvalue weighted by molar-refractivity contribution is 6.12. The van der Waals surface area contributed by atoms with Gasteiger partial charge in [0.1, 0.15) is 12.4 Å². The van der Waals surface area contributed by atoms with E-state index in [2.05, 4.69) is 4.99 Å². The fraction of sp³-hybridized carbons (Fsp3) is 0.154. The Morgan fingerprint density at radius 2 is 1.78 bits per heavy atom. The van der Waals surface area contributed by atoms with Crippen LogP contribution in [0.25, 0.3) is 6.08 Å². The lowest BCUT2D eigenvalue weighted by molar-refractivity contribution is -0.129. The topological polar surface area (TPSA) is 57.1 Å². The Balaban J connectivity index is 1.58. The highest BCUT2D eigenvalue weighted by Crippen LogP contribution is 2.31. The average molecular weight is 431 g/mol. The number of ether oxygens (including phenoxy) is 3. The first kappa shape index (κ1) is 21.3. The second-order valence-corrected chi connectivity index (χ2v) is 7.17. The standard InChI is InChI=1S/C26H22FNO4/c1-3-30-24-15-18(12-13-23(24)31-16-19-9-5-4-8-17(19)2)14-22-26(29)32-25(28-22)20-10-6-7-11-21(20)27/h4-15H,3,16H2,1-2H3/b22-14-. The van der Waals surface area contributed by atoms with Gasteiger partial charge in [0.15, 0.2) is 17.2 Å². The van der Waals surface area contributed by atoms with Crippen LogP contribution >= 0.6 is 0 Å². The second-order valence-electron chi connectivity index (χ2n) is 7.17. The van der Waals surface area contributed by atoms with Crippen LogP contribution in [0.15, 0.2) is 77.4 Å². The second kappa shape index (κ2) is 9.47. The van der Waals surface area contributed by atoms with E-state index in [4.69, 9.17) is 14.2 Å².